The van der Waals surface area contributed by atoms with Crippen LogP contribution in [0.2, 0.25) is 5.02 Å². The van der Waals surface area contributed by atoms with Gasteiger partial charge in [0.15, 0.2) is 0 Å². The number of amides is 2. The van der Waals surface area contributed by atoms with Gasteiger partial charge in [0.1, 0.15) is 0 Å². The smallest absolute Gasteiger partial charge is 0.337 e. The number of nitrogens with one attached hydrogen (secondary N) is 1. The first-order valence-electron chi connectivity index (χ1n) is 8.31. The van der Waals surface area contributed by atoms with Crippen molar-refractivity contribution >= 4 is 35.0 Å². The van der Waals surface area contributed by atoms with Crippen molar-refractivity contribution in [1.82, 2.24) is 4.90 Å². The molecule has 1 saturated heterocycles. The number of hydrogen-bond donors (Lipinski definition) is 1. The van der Waals surface area contributed by atoms with E-state index < -0.39 is 5.97 Å². The average Bonchev–Trinajstić information content (AvgIpc) is 2.68. The molecule has 2 aromatic carbocycles. The first kappa shape index (κ1) is 18.1. The molecule has 26 heavy (non-hydrogen) atoms. The summed E-state index contributed by atoms with van der Waals surface area (Å²) in [6.07, 6.45) is 0. The number of carbonyl (C=O) groups is 2. The average molecular weight is 374 g/mol. The third-order valence-electron chi connectivity index (χ3n) is 4.32. The highest BCUT2D eigenvalue weighted by Gasteiger charge is 2.21. The second kappa shape index (κ2) is 8.10. The number of carbonyl (C=O) groups excluding carboxylic acids is 2. The maximum Gasteiger partial charge on any atom is 0.337 e. The van der Waals surface area contributed by atoms with Crippen molar-refractivity contribution in [3.05, 3.63) is 59.1 Å². The van der Waals surface area contributed by atoms with Crippen molar-refractivity contribution < 1.29 is 14.3 Å². The van der Waals surface area contributed by atoms with Gasteiger partial charge in [0.2, 0.25) is 0 Å². The highest BCUT2D eigenvalue weighted by molar-refractivity contribution is 6.30. The van der Waals surface area contributed by atoms with Crippen molar-refractivity contribution in [3.63, 3.8) is 0 Å². The molecule has 0 bridgehead atoms. The Morgan fingerprint density at radius 2 is 1.58 bits per heavy atom. The van der Waals surface area contributed by atoms with E-state index in [-0.39, 0.29) is 6.03 Å². The van der Waals surface area contributed by atoms with Crippen molar-refractivity contribution in [3.8, 4) is 0 Å². The predicted octanol–water partition coefficient (Wildman–Crippen LogP) is 3.48. The molecule has 0 saturated carbocycles. The zero-order valence-electron chi connectivity index (χ0n) is 14.4. The number of urea groups is 1. The number of nitrogens with zero attached hydrogens (tertiary/aromatic N) is 2. The fourth-order valence-electron chi connectivity index (χ4n) is 2.83. The summed E-state index contributed by atoms with van der Waals surface area (Å²) in [5.41, 5.74) is 2.19. The van der Waals surface area contributed by atoms with Crippen molar-refractivity contribution in [2.45, 2.75) is 0 Å². The van der Waals surface area contributed by atoms with Crippen LogP contribution in [-0.2, 0) is 4.74 Å². The van der Waals surface area contributed by atoms with Gasteiger partial charge >= 0.3 is 12.0 Å². The van der Waals surface area contributed by atoms with Crippen LogP contribution in [0.15, 0.2) is 48.5 Å². The summed E-state index contributed by atoms with van der Waals surface area (Å²) in [7, 11) is 1.34. The Hall–Kier alpha value is -2.73. The van der Waals surface area contributed by atoms with Crippen LogP contribution in [0.5, 0.6) is 0 Å². The highest BCUT2D eigenvalue weighted by atomic mass is 35.5. The molecule has 1 fully saturated rings. The zero-order valence-corrected chi connectivity index (χ0v) is 15.2. The lowest BCUT2D eigenvalue weighted by molar-refractivity contribution is 0.0601. The molecule has 3 rings (SSSR count). The Bertz CT molecular complexity index is 770. The molecule has 2 amide bonds. The van der Waals surface area contributed by atoms with E-state index in [4.69, 9.17) is 11.6 Å². The molecule has 136 valence electrons. The summed E-state index contributed by atoms with van der Waals surface area (Å²) in [6.45, 7) is 2.79. The van der Waals surface area contributed by atoms with Crippen LogP contribution in [0, 0.1) is 0 Å². The molecule has 6 nitrogen and oxygen atoms in total. The van der Waals surface area contributed by atoms with Crippen LogP contribution >= 0.6 is 11.6 Å². The van der Waals surface area contributed by atoms with Gasteiger partial charge in [-0.05, 0) is 48.5 Å². The number of anilines is 2. The summed E-state index contributed by atoms with van der Waals surface area (Å²) in [6, 6.07) is 14.2. The van der Waals surface area contributed by atoms with Gasteiger partial charge in [-0.15, -0.1) is 0 Å². The first-order chi connectivity index (χ1) is 12.6. The third kappa shape index (κ3) is 4.26. The topological polar surface area (TPSA) is 61.9 Å². The molecular weight excluding hydrogens is 354 g/mol. The Kier molecular flexibility index (Phi) is 5.63. The third-order valence-corrected chi connectivity index (χ3v) is 4.57. The zero-order chi connectivity index (χ0) is 18.5. The minimum absolute atomic E-state index is 0.147. The molecular formula is C19H20ClN3O3. The van der Waals surface area contributed by atoms with Crippen LogP contribution in [0.25, 0.3) is 0 Å². The van der Waals surface area contributed by atoms with Gasteiger partial charge in [-0.2, -0.15) is 0 Å². The lowest BCUT2D eigenvalue weighted by atomic mass is 10.2. The lowest BCUT2D eigenvalue weighted by Gasteiger charge is -2.36. The van der Waals surface area contributed by atoms with E-state index in [0.717, 1.165) is 18.8 Å². The number of benzene rings is 2. The standard InChI is InChI=1S/C19H20ClN3O3/c1-26-18(24)14-2-6-16(7-3-14)21-19(25)23-12-10-22(11-13-23)17-8-4-15(20)5-9-17/h2-9H,10-13H2,1H3,(H,21,25). The summed E-state index contributed by atoms with van der Waals surface area (Å²) in [4.78, 5) is 27.9. The van der Waals surface area contributed by atoms with Crippen LogP contribution < -0.4 is 10.2 Å². The molecule has 1 aliphatic heterocycles. The van der Waals surface area contributed by atoms with Crippen LogP contribution in [0.3, 0.4) is 0 Å². The highest BCUT2D eigenvalue weighted by Crippen LogP contribution is 2.20. The molecule has 1 aliphatic rings. The van der Waals surface area contributed by atoms with E-state index in [1.807, 2.05) is 24.3 Å². The van der Waals surface area contributed by atoms with Gasteiger partial charge in [-0.1, -0.05) is 11.6 Å². The van der Waals surface area contributed by atoms with Gasteiger partial charge in [-0.3, -0.25) is 0 Å². The summed E-state index contributed by atoms with van der Waals surface area (Å²) < 4.78 is 4.66. The van der Waals surface area contributed by atoms with Crippen molar-refractivity contribution in [1.29, 1.82) is 0 Å². The molecule has 0 radical (unpaired) electrons. The molecule has 0 aromatic heterocycles. The Labute approximate surface area is 157 Å². The van der Waals surface area contributed by atoms with Crippen molar-refractivity contribution in [2.75, 3.05) is 43.5 Å². The number of piperazine rings is 1. The van der Waals surface area contributed by atoms with Gasteiger partial charge < -0.3 is 19.9 Å². The number of methoxy groups -OCH3 is 1. The molecule has 2 aromatic rings. The van der Waals surface area contributed by atoms with Crippen LogP contribution in [0.4, 0.5) is 16.2 Å². The van der Waals surface area contributed by atoms with Crippen LogP contribution in [0.1, 0.15) is 10.4 Å². The first-order valence-corrected chi connectivity index (χ1v) is 8.69. The SMILES string of the molecule is COC(=O)c1ccc(NC(=O)N2CCN(c3ccc(Cl)cc3)CC2)cc1. The van der Waals surface area contributed by atoms with E-state index in [2.05, 4.69) is 15.0 Å². The Morgan fingerprint density at radius 3 is 2.15 bits per heavy atom. The monoisotopic (exact) mass is 373 g/mol. The number of halogens is 1. The molecule has 0 unspecified atom stereocenters. The van der Waals surface area contributed by atoms with E-state index in [0.29, 0.717) is 29.4 Å². The molecule has 7 heteroatoms. The Morgan fingerprint density at radius 1 is 0.962 bits per heavy atom. The maximum atomic E-state index is 12.4. The maximum absolute atomic E-state index is 12.4. The second-order valence-corrected chi connectivity index (χ2v) is 6.39. The molecule has 0 spiro atoms. The summed E-state index contributed by atoms with van der Waals surface area (Å²) in [5, 5.41) is 3.57. The van der Waals surface area contributed by atoms with E-state index in [1.165, 1.54) is 7.11 Å². The van der Waals surface area contributed by atoms with E-state index in [9.17, 15) is 9.59 Å². The van der Waals surface area contributed by atoms with E-state index >= 15 is 0 Å². The normalized spacial score (nSPS) is 14.1. The molecule has 1 N–H and O–H groups in total. The number of esters is 1. The molecule has 1 heterocycles. The Balaban J connectivity index is 1.53. The fourth-order valence-corrected chi connectivity index (χ4v) is 2.96. The quantitative estimate of drug-likeness (QED) is 0.837. The van der Waals surface area contributed by atoms with Gasteiger partial charge in [-0.25, -0.2) is 9.59 Å². The fraction of sp³-hybridized carbons (Fsp3) is 0.263. The van der Waals surface area contributed by atoms with Gasteiger partial charge in [0.25, 0.3) is 0 Å². The lowest BCUT2D eigenvalue weighted by Crippen LogP contribution is -2.50. The number of hydrogen-bond acceptors (Lipinski definition) is 4. The minimum atomic E-state index is -0.402. The summed E-state index contributed by atoms with van der Waals surface area (Å²) >= 11 is 5.92. The minimum Gasteiger partial charge on any atom is -0.465 e. The van der Waals surface area contributed by atoms with Gasteiger partial charge in [0, 0.05) is 42.6 Å². The largest absolute Gasteiger partial charge is 0.465 e. The van der Waals surface area contributed by atoms with Crippen molar-refractivity contribution in [2.24, 2.45) is 0 Å². The second-order valence-electron chi connectivity index (χ2n) is 5.95. The van der Waals surface area contributed by atoms with Gasteiger partial charge in [0.05, 0.1) is 12.7 Å². The molecule has 0 aliphatic carbocycles. The predicted molar refractivity (Wildman–Crippen MR) is 102 cm³/mol. The summed E-state index contributed by atoms with van der Waals surface area (Å²) in [5.74, 6) is -0.402. The van der Waals surface area contributed by atoms with E-state index in [1.54, 1.807) is 29.2 Å². The number of rotatable bonds is 3. The number of ether oxygens (including phenoxy) is 1. The molecule has 0 atom stereocenters. The van der Waals surface area contributed by atoms with Crippen LogP contribution in [-0.4, -0.2) is 50.2 Å².